The fraction of sp³-hybridized carbons (Fsp3) is 0.213. The number of hydrogen-bond acceptors (Lipinski definition) is 1. The summed E-state index contributed by atoms with van der Waals surface area (Å²) < 4.78 is 6.10. The molecule has 0 saturated heterocycles. The summed E-state index contributed by atoms with van der Waals surface area (Å²) in [6.07, 6.45) is 25.3. The summed E-state index contributed by atoms with van der Waals surface area (Å²) in [5, 5.41) is 4.42. The Morgan fingerprint density at radius 3 is 1.87 bits per heavy atom. The van der Waals surface area contributed by atoms with Crippen molar-refractivity contribution >= 4 is 21.5 Å². The molecular weight excluding hydrogens is 749 g/mol. The molecule has 0 fully saturated rings. The van der Waals surface area contributed by atoms with Gasteiger partial charge in [-0.15, -0.1) is 0 Å². The topological polar surface area (TPSA) is 9.23 Å². The zero-order valence-electron chi connectivity index (χ0n) is 36.3. The van der Waals surface area contributed by atoms with Crippen LogP contribution in [0, 0.1) is 41.4 Å². The van der Waals surface area contributed by atoms with Crippen molar-refractivity contribution in [3.05, 3.63) is 227 Å². The van der Waals surface area contributed by atoms with Crippen LogP contribution in [0.3, 0.4) is 0 Å². The fourth-order valence-corrected chi connectivity index (χ4v) is 8.05. The number of unbranched alkanes of at least 4 members (excludes halogenated alkanes) is 3. The third-order valence-corrected chi connectivity index (χ3v) is 11.7. The molecule has 306 valence electrons. The molecule has 0 aromatic heterocycles. The number of ether oxygens (including phenoxy) is 1. The first kappa shape index (κ1) is 43.1. The molecule has 7 rings (SSSR count). The molecule has 0 aliphatic heterocycles. The van der Waals surface area contributed by atoms with Crippen LogP contribution in [0.25, 0.3) is 21.5 Å². The van der Waals surface area contributed by atoms with Gasteiger partial charge in [-0.2, -0.15) is 0 Å². The van der Waals surface area contributed by atoms with Gasteiger partial charge in [0.25, 0.3) is 0 Å². The lowest BCUT2D eigenvalue weighted by Crippen LogP contribution is -2.09. The Balaban J connectivity index is 1.04. The Labute approximate surface area is 370 Å². The van der Waals surface area contributed by atoms with Crippen molar-refractivity contribution < 1.29 is 4.74 Å². The molecule has 0 saturated carbocycles. The van der Waals surface area contributed by atoms with Gasteiger partial charge in [-0.1, -0.05) is 171 Å². The fourth-order valence-electron chi connectivity index (χ4n) is 8.05. The summed E-state index contributed by atoms with van der Waals surface area (Å²) in [5.41, 5.74) is 12.3. The van der Waals surface area contributed by atoms with E-state index < -0.39 is 0 Å². The van der Waals surface area contributed by atoms with Gasteiger partial charge in [0.05, 0.1) is 6.61 Å². The monoisotopic (exact) mass is 804 g/mol. The molecule has 5 aromatic rings. The van der Waals surface area contributed by atoms with E-state index in [0.29, 0.717) is 12.5 Å². The van der Waals surface area contributed by atoms with E-state index in [2.05, 4.69) is 190 Å². The van der Waals surface area contributed by atoms with E-state index in [4.69, 9.17) is 4.74 Å². The van der Waals surface area contributed by atoms with Crippen LogP contribution in [-0.2, 0) is 17.6 Å². The summed E-state index contributed by atoms with van der Waals surface area (Å²) in [5.74, 6) is 22.3. The molecule has 0 amide bonds. The van der Waals surface area contributed by atoms with Crippen LogP contribution in [0.1, 0.15) is 97.2 Å². The van der Waals surface area contributed by atoms with Crippen LogP contribution in [0.15, 0.2) is 188 Å². The number of allylic oxidation sites excluding steroid dienone is 11. The molecular formula is C61H56O. The van der Waals surface area contributed by atoms with Gasteiger partial charge in [0, 0.05) is 39.3 Å². The molecule has 2 aliphatic rings. The van der Waals surface area contributed by atoms with Crippen molar-refractivity contribution in [2.24, 2.45) is 5.92 Å². The van der Waals surface area contributed by atoms with E-state index >= 15 is 0 Å². The molecule has 0 N–H and O–H groups in total. The second-order valence-corrected chi connectivity index (χ2v) is 16.2. The van der Waals surface area contributed by atoms with E-state index in [0.717, 1.165) is 117 Å². The quantitative estimate of drug-likeness (QED) is 0.0443. The molecule has 1 heteroatoms. The Morgan fingerprint density at radius 2 is 1.26 bits per heavy atom. The highest BCUT2D eigenvalue weighted by molar-refractivity contribution is 6.09. The highest BCUT2D eigenvalue weighted by Gasteiger charge is 2.18. The lowest BCUT2D eigenvalue weighted by molar-refractivity contribution is 0.215. The molecule has 1 atom stereocenters. The minimum atomic E-state index is 0.297. The van der Waals surface area contributed by atoms with E-state index in [1.54, 1.807) is 0 Å². The molecule has 62 heavy (non-hydrogen) atoms. The summed E-state index contributed by atoms with van der Waals surface area (Å²) >= 11 is 0. The molecule has 0 spiro atoms. The van der Waals surface area contributed by atoms with Crippen molar-refractivity contribution in [2.45, 2.75) is 71.1 Å². The Hall–Kier alpha value is -6.98. The van der Waals surface area contributed by atoms with Gasteiger partial charge in [0.15, 0.2) is 0 Å². The second kappa shape index (κ2) is 21.5. The van der Waals surface area contributed by atoms with Crippen molar-refractivity contribution in [3.63, 3.8) is 0 Å². The first-order chi connectivity index (χ1) is 30.4. The second-order valence-electron chi connectivity index (χ2n) is 16.2. The number of fused-ring (bicyclic) bond motifs is 3. The summed E-state index contributed by atoms with van der Waals surface area (Å²) in [7, 11) is 0. The van der Waals surface area contributed by atoms with Crippen LogP contribution in [0.5, 0.6) is 0 Å². The maximum absolute atomic E-state index is 6.10. The zero-order chi connectivity index (χ0) is 43.1. The van der Waals surface area contributed by atoms with Gasteiger partial charge in [-0.25, -0.2) is 0 Å². The van der Waals surface area contributed by atoms with Gasteiger partial charge in [0.1, 0.15) is 5.76 Å². The Morgan fingerprint density at radius 1 is 0.661 bits per heavy atom. The van der Waals surface area contributed by atoms with Crippen molar-refractivity contribution in [1.82, 2.24) is 0 Å². The highest BCUT2D eigenvalue weighted by Crippen LogP contribution is 2.34. The van der Waals surface area contributed by atoms with Crippen molar-refractivity contribution in [1.29, 1.82) is 0 Å². The van der Waals surface area contributed by atoms with Gasteiger partial charge < -0.3 is 4.74 Å². The third kappa shape index (κ3) is 11.2. The predicted molar refractivity (Wildman–Crippen MR) is 265 cm³/mol. The normalized spacial score (nSPS) is 13.8. The van der Waals surface area contributed by atoms with E-state index in [9.17, 15) is 0 Å². The Bertz CT molecular complexity index is 2770. The largest absolute Gasteiger partial charge is 0.494 e. The lowest BCUT2D eigenvalue weighted by Gasteiger charge is -2.22. The molecule has 5 aromatic carbocycles. The number of aryl methyl sites for hydroxylation is 2. The molecule has 2 aliphatic carbocycles. The van der Waals surface area contributed by atoms with Gasteiger partial charge >= 0.3 is 0 Å². The Kier molecular flexibility index (Phi) is 15.0. The van der Waals surface area contributed by atoms with Crippen molar-refractivity contribution in [2.75, 3.05) is 6.61 Å². The van der Waals surface area contributed by atoms with Crippen LogP contribution in [0.2, 0.25) is 0 Å². The number of rotatable bonds is 15. The summed E-state index contributed by atoms with van der Waals surface area (Å²) in [6.45, 7) is 18.6. The van der Waals surface area contributed by atoms with Crippen LogP contribution in [-0.4, -0.2) is 6.61 Å². The number of hydrogen-bond donors (Lipinski definition) is 0. The molecule has 0 bridgehead atoms. The average molecular weight is 805 g/mol. The SMILES string of the molecule is C=CC(=C)CCCCCc1ccc(C#Cc2ccc(C#Cc3c4ccccc4c(C#CC4=CC5CC=C(OCCCCC(=C)C=C)C=C5C=C4)c4ccccc34)cc2)c(CC)c1. The van der Waals surface area contributed by atoms with E-state index in [1.165, 1.54) is 36.0 Å². The first-order valence-electron chi connectivity index (χ1n) is 22.2. The summed E-state index contributed by atoms with van der Waals surface area (Å²) in [6, 6.07) is 32.1. The molecule has 1 unspecified atom stereocenters. The lowest BCUT2D eigenvalue weighted by atomic mass is 9.85. The van der Waals surface area contributed by atoms with E-state index in [-0.39, 0.29) is 0 Å². The molecule has 0 radical (unpaired) electrons. The predicted octanol–water partition coefficient (Wildman–Crippen LogP) is 14.8. The van der Waals surface area contributed by atoms with Gasteiger partial charge in [0.2, 0.25) is 0 Å². The molecule has 0 heterocycles. The zero-order valence-corrected chi connectivity index (χ0v) is 36.3. The van der Waals surface area contributed by atoms with E-state index in [1.807, 2.05) is 12.2 Å². The highest BCUT2D eigenvalue weighted by atomic mass is 16.5. The van der Waals surface area contributed by atoms with Crippen LogP contribution < -0.4 is 0 Å². The standard InChI is InChI=1S/C61H56O/c1-6-45(4)18-10-9-11-20-49-30-35-52(51(8-3)42-49)34-29-47-25-27-48(28-26-47)32-39-60-56-21-12-14-23-58(56)61(59-24-15-13-22-57(59)60)40-33-50-31-36-54-44-55(38-37-53(54)43-50)62-41-17-16-19-46(5)7-2/h6-7,12-15,21-28,30-31,35-36,38,42-44,53H,1-2,4-5,8-11,16-20,37,41H2,3H3. The average Bonchev–Trinajstić information content (AvgIpc) is 3.31. The number of benzene rings is 5. The minimum absolute atomic E-state index is 0.297. The smallest absolute Gasteiger partial charge is 0.115 e. The van der Waals surface area contributed by atoms with Gasteiger partial charge in [-0.3, -0.25) is 0 Å². The third-order valence-electron chi connectivity index (χ3n) is 11.7. The van der Waals surface area contributed by atoms with Crippen LogP contribution in [0.4, 0.5) is 0 Å². The first-order valence-corrected chi connectivity index (χ1v) is 22.2. The maximum Gasteiger partial charge on any atom is 0.115 e. The maximum atomic E-state index is 6.10. The van der Waals surface area contributed by atoms with Gasteiger partial charge in [-0.05, 0) is 145 Å². The van der Waals surface area contributed by atoms with Crippen LogP contribution >= 0.6 is 0 Å². The molecule has 1 nitrogen and oxygen atoms in total. The van der Waals surface area contributed by atoms with Crippen molar-refractivity contribution in [3.8, 4) is 35.5 Å². The minimum Gasteiger partial charge on any atom is -0.494 e. The summed E-state index contributed by atoms with van der Waals surface area (Å²) in [4.78, 5) is 0.